The quantitative estimate of drug-likeness (QED) is 0.827. The normalized spacial score (nSPS) is 11.8. The first-order valence-corrected chi connectivity index (χ1v) is 8.93. The van der Waals surface area contributed by atoms with Crippen LogP contribution in [0.25, 0.3) is 0 Å². The average Bonchev–Trinajstić information content (AvgIpc) is 2.48. The van der Waals surface area contributed by atoms with Crippen molar-refractivity contribution < 1.29 is 4.57 Å². The van der Waals surface area contributed by atoms with E-state index in [2.05, 4.69) is 19.2 Å². The average molecular weight is 287 g/mol. The van der Waals surface area contributed by atoms with Gasteiger partial charge in [0.15, 0.2) is 7.14 Å². The molecule has 0 heterocycles. The van der Waals surface area contributed by atoms with Gasteiger partial charge in [0.05, 0.1) is 6.29 Å². The molecule has 2 aromatic rings. The second-order valence-corrected chi connectivity index (χ2v) is 8.25. The molecule has 0 aliphatic heterocycles. The van der Waals surface area contributed by atoms with Gasteiger partial charge < -0.3 is 9.88 Å². The Bertz CT molecular complexity index is 523. The third-order valence-corrected chi connectivity index (χ3v) is 6.17. The summed E-state index contributed by atoms with van der Waals surface area (Å²) >= 11 is 0. The molecule has 0 saturated carbocycles. The van der Waals surface area contributed by atoms with E-state index in [1.54, 1.807) is 0 Å². The Hall–Kier alpha value is -1.37. The molecule has 20 heavy (non-hydrogen) atoms. The monoisotopic (exact) mass is 287 g/mol. The summed E-state index contributed by atoms with van der Waals surface area (Å²) in [7, 11) is -2.59. The maximum Gasteiger partial charge on any atom is 0.156 e. The minimum absolute atomic E-state index is 0.513. The number of rotatable bonds is 6. The molecule has 0 aliphatic carbocycles. The summed E-state index contributed by atoms with van der Waals surface area (Å²) in [5.74, 6) is 0.551. The smallest absolute Gasteiger partial charge is 0.156 e. The zero-order valence-corrected chi connectivity index (χ0v) is 13.0. The second-order valence-electron chi connectivity index (χ2n) is 5.42. The molecule has 1 N–H and O–H groups in total. The van der Waals surface area contributed by atoms with E-state index in [-0.39, 0.29) is 0 Å². The Morgan fingerprint density at radius 3 is 1.75 bits per heavy atom. The molecule has 0 unspecified atom stereocenters. The maximum absolute atomic E-state index is 13.5. The van der Waals surface area contributed by atoms with Crippen LogP contribution in [-0.2, 0) is 4.57 Å². The van der Waals surface area contributed by atoms with Crippen LogP contribution in [0.15, 0.2) is 60.7 Å². The van der Waals surface area contributed by atoms with E-state index < -0.39 is 7.14 Å². The lowest BCUT2D eigenvalue weighted by molar-refractivity contribution is 0.561. The zero-order chi connectivity index (χ0) is 14.4. The molecule has 0 spiro atoms. The molecule has 2 rings (SSSR count). The van der Waals surface area contributed by atoms with Crippen molar-refractivity contribution in [3.8, 4) is 0 Å². The fourth-order valence-corrected chi connectivity index (χ4v) is 4.59. The molecular formula is C17H22NOP. The van der Waals surface area contributed by atoms with Crippen LogP contribution in [0.5, 0.6) is 0 Å². The van der Waals surface area contributed by atoms with Crippen molar-refractivity contribution in [3.05, 3.63) is 60.7 Å². The summed E-state index contributed by atoms with van der Waals surface area (Å²) < 4.78 is 13.5. The van der Waals surface area contributed by atoms with E-state index >= 15 is 0 Å². The van der Waals surface area contributed by atoms with Gasteiger partial charge in [-0.2, -0.15) is 0 Å². The minimum Gasteiger partial charge on any atom is -0.312 e. The van der Waals surface area contributed by atoms with Crippen LogP contribution in [0.2, 0.25) is 0 Å². The van der Waals surface area contributed by atoms with Crippen molar-refractivity contribution >= 4 is 17.8 Å². The molecule has 0 bridgehead atoms. The first-order chi connectivity index (χ1) is 9.63. The van der Waals surface area contributed by atoms with Gasteiger partial charge in [-0.1, -0.05) is 74.5 Å². The molecule has 0 aliphatic rings. The lowest BCUT2D eigenvalue weighted by Crippen LogP contribution is -2.28. The summed E-state index contributed by atoms with van der Waals surface area (Å²) in [6.45, 7) is 5.19. The summed E-state index contributed by atoms with van der Waals surface area (Å²) in [5, 5.41) is 5.20. The van der Waals surface area contributed by atoms with Crippen molar-refractivity contribution in [1.82, 2.24) is 5.32 Å². The van der Waals surface area contributed by atoms with Crippen LogP contribution in [0.1, 0.15) is 13.8 Å². The van der Waals surface area contributed by atoms with E-state index in [0.29, 0.717) is 12.2 Å². The van der Waals surface area contributed by atoms with Crippen molar-refractivity contribution in [2.45, 2.75) is 13.8 Å². The minimum atomic E-state index is -2.59. The van der Waals surface area contributed by atoms with Gasteiger partial charge in [-0.25, -0.2) is 0 Å². The lowest BCUT2D eigenvalue weighted by Gasteiger charge is -2.20. The zero-order valence-electron chi connectivity index (χ0n) is 12.1. The largest absolute Gasteiger partial charge is 0.312 e. The predicted molar refractivity (Wildman–Crippen MR) is 87.5 cm³/mol. The van der Waals surface area contributed by atoms with Crippen molar-refractivity contribution in [2.24, 2.45) is 5.92 Å². The maximum atomic E-state index is 13.5. The molecular weight excluding hydrogens is 265 g/mol. The standard InChI is InChI=1S/C17H22NOP/c1-15(2)13-18-14-20(19,16-9-5-3-6-10-16)17-11-7-4-8-12-17/h3-12,15,18H,13-14H2,1-2H3. The van der Waals surface area contributed by atoms with E-state index in [9.17, 15) is 4.57 Å². The predicted octanol–water partition coefficient (Wildman–Crippen LogP) is 3.20. The first kappa shape index (κ1) is 15.0. The Kier molecular flexibility index (Phi) is 5.17. The van der Waals surface area contributed by atoms with Crippen LogP contribution >= 0.6 is 7.14 Å². The molecule has 0 aromatic heterocycles. The first-order valence-electron chi connectivity index (χ1n) is 7.04. The summed E-state index contributed by atoms with van der Waals surface area (Å²) in [6.07, 6.45) is 0.513. The van der Waals surface area contributed by atoms with E-state index in [4.69, 9.17) is 0 Å². The highest BCUT2D eigenvalue weighted by Gasteiger charge is 2.26. The summed E-state index contributed by atoms with van der Waals surface area (Å²) in [4.78, 5) is 0. The van der Waals surface area contributed by atoms with Gasteiger partial charge in [0.1, 0.15) is 0 Å². The number of nitrogens with one attached hydrogen (secondary N) is 1. The van der Waals surface area contributed by atoms with Crippen LogP contribution in [0.4, 0.5) is 0 Å². The SMILES string of the molecule is CC(C)CNCP(=O)(c1ccccc1)c1ccccc1. The molecule has 0 saturated heterocycles. The fraction of sp³-hybridized carbons (Fsp3) is 0.294. The van der Waals surface area contributed by atoms with Gasteiger partial charge in [0, 0.05) is 10.6 Å². The van der Waals surface area contributed by atoms with E-state index in [1.165, 1.54) is 0 Å². The lowest BCUT2D eigenvalue weighted by atomic mass is 10.2. The third-order valence-electron chi connectivity index (χ3n) is 3.23. The summed E-state index contributed by atoms with van der Waals surface area (Å²) in [6, 6.07) is 19.6. The highest BCUT2D eigenvalue weighted by Crippen LogP contribution is 2.41. The number of hydrogen-bond acceptors (Lipinski definition) is 2. The van der Waals surface area contributed by atoms with Gasteiger partial charge >= 0.3 is 0 Å². The van der Waals surface area contributed by atoms with Gasteiger partial charge in [0.2, 0.25) is 0 Å². The topological polar surface area (TPSA) is 29.1 Å². The van der Waals surface area contributed by atoms with Crippen LogP contribution in [0.3, 0.4) is 0 Å². The Balaban J connectivity index is 2.32. The van der Waals surface area contributed by atoms with Crippen molar-refractivity contribution in [1.29, 1.82) is 0 Å². The highest BCUT2D eigenvalue weighted by atomic mass is 31.2. The Morgan fingerprint density at radius 1 is 0.900 bits per heavy atom. The Morgan fingerprint density at radius 2 is 1.35 bits per heavy atom. The molecule has 3 heteroatoms. The molecule has 0 amide bonds. The van der Waals surface area contributed by atoms with Crippen molar-refractivity contribution in [3.63, 3.8) is 0 Å². The molecule has 106 valence electrons. The molecule has 2 nitrogen and oxygen atoms in total. The van der Waals surface area contributed by atoms with Crippen LogP contribution in [-0.4, -0.2) is 12.8 Å². The second kappa shape index (κ2) is 6.88. The number of benzene rings is 2. The molecule has 0 radical (unpaired) electrons. The van der Waals surface area contributed by atoms with Crippen LogP contribution in [0, 0.1) is 5.92 Å². The highest BCUT2D eigenvalue weighted by molar-refractivity contribution is 7.78. The van der Waals surface area contributed by atoms with Crippen LogP contribution < -0.4 is 15.9 Å². The van der Waals surface area contributed by atoms with Gasteiger partial charge in [0.25, 0.3) is 0 Å². The fourth-order valence-electron chi connectivity index (χ4n) is 2.18. The van der Waals surface area contributed by atoms with Gasteiger partial charge in [-0.3, -0.25) is 0 Å². The van der Waals surface area contributed by atoms with Gasteiger partial charge in [-0.05, 0) is 12.5 Å². The molecule has 0 atom stereocenters. The van der Waals surface area contributed by atoms with Gasteiger partial charge in [-0.15, -0.1) is 0 Å². The van der Waals surface area contributed by atoms with E-state index in [0.717, 1.165) is 17.2 Å². The Labute approximate surface area is 121 Å². The third kappa shape index (κ3) is 3.59. The molecule has 0 fully saturated rings. The molecule has 2 aromatic carbocycles. The van der Waals surface area contributed by atoms with Crippen molar-refractivity contribution in [2.75, 3.05) is 12.8 Å². The summed E-state index contributed by atoms with van der Waals surface area (Å²) in [5.41, 5.74) is 0. The number of hydrogen-bond donors (Lipinski definition) is 1. The van der Waals surface area contributed by atoms with E-state index in [1.807, 2.05) is 60.7 Å².